The van der Waals surface area contributed by atoms with Crippen LogP contribution in [0.25, 0.3) is 0 Å². The average Bonchev–Trinajstić information content (AvgIpc) is 2.54. The van der Waals surface area contributed by atoms with Gasteiger partial charge in [-0.3, -0.25) is 0 Å². The van der Waals surface area contributed by atoms with E-state index in [0.29, 0.717) is 5.92 Å². The van der Waals surface area contributed by atoms with Crippen molar-refractivity contribution in [3.05, 3.63) is 16.1 Å². The van der Waals surface area contributed by atoms with Crippen LogP contribution in [0, 0.1) is 6.92 Å². The highest BCUT2D eigenvalue weighted by Gasteiger charge is 2.16. The van der Waals surface area contributed by atoms with Gasteiger partial charge >= 0.3 is 0 Å². The van der Waals surface area contributed by atoms with Crippen molar-refractivity contribution in [2.45, 2.75) is 25.7 Å². The molecule has 1 aromatic rings. The van der Waals surface area contributed by atoms with Crippen LogP contribution in [0.4, 0.5) is 0 Å². The van der Waals surface area contributed by atoms with Crippen molar-refractivity contribution < 1.29 is 0 Å². The lowest BCUT2D eigenvalue weighted by Crippen LogP contribution is -2.28. The first-order chi connectivity index (χ1) is 5.86. The third-order valence-corrected chi connectivity index (χ3v) is 3.14. The smallest absolute Gasteiger partial charge is 0.0897 e. The maximum absolute atomic E-state index is 4.51. The molecular weight excluding hydrogens is 168 g/mol. The van der Waals surface area contributed by atoms with Crippen molar-refractivity contribution in [2.75, 3.05) is 13.1 Å². The Morgan fingerprint density at radius 2 is 2.58 bits per heavy atom. The maximum Gasteiger partial charge on any atom is 0.0897 e. The van der Waals surface area contributed by atoms with Crippen molar-refractivity contribution in [3.63, 3.8) is 0 Å². The number of piperidine rings is 1. The standard InChI is InChI=1S/C9H14N2S/c1-7-11-9(6-12-7)8-3-2-4-10-5-8/h6,8,10H,2-5H2,1H3. The van der Waals surface area contributed by atoms with Gasteiger partial charge in [-0.15, -0.1) is 11.3 Å². The number of nitrogens with one attached hydrogen (secondary N) is 1. The van der Waals surface area contributed by atoms with Gasteiger partial charge in [0.2, 0.25) is 0 Å². The molecule has 2 heterocycles. The first kappa shape index (κ1) is 8.20. The zero-order valence-corrected chi connectivity index (χ0v) is 8.16. The molecule has 12 heavy (non-hydrogen) atoms. The number of hydrogen-bond donors (Lipinski definition) is 1. The minimum Gasteiger partial charge on any atom is -0.316 e. The van der Waals surface area contributed by atoms with E-state index in [1.54, 1.807) is 11.3 Å². The monoisotopic (exact) mass is 182 g/mol. The van der Waals surface area contributed by atoms with Crippen LogP contribution in [0.5, 0.6) is 0 Å². The Morgan fingerprint density at radius 3 is 3.17 bits per heavy atom. The van der Waals surface area contributed by atoms with Crippen LogP contribution in [0.2, 0.25) is 0 Å². The third kappa shape index (κ3) is 1.67. The Balaban J connectivity index is 2.08. The number of hydrogen-bond acceptors (Lipinski definition) is 3. The summed E-state index contributed by atoms with van der Waals surface area (Å²) in [6.45, 7) is 4.37. The van der Waals surface area contributed by atoms with Crippen LogP contribution in [0.15, 0.2) is 5.38 Å². The molecule has 1 aliphatic rings. The normalized spacial score (nSPS) is 24.2. The number of thiazole rings is 1. The number of aromatic nitrogens is 1. The minimum absolute atomic E-state index is 0.670. The van der Waals surface area contributed by atoms with Crippen molar-refractivity contribution >= 4 is 11.3 Å². The zero-order chi connectivity index (χ0) is 8.39. The van der Waals surface area contributed by atoms with E-state index >= 15 is 0 Å². The molecule has 0 aliphatic carbocycles. The molecule has 1 aromatic heterocycles. The Morgan fingerprint density at radius 1 is 1.67 bits per heavy atom. The molecule has 0 saturated carbocycles. The van der Waals surface area contributed by atoms with Gasteiger partial charge in [-0.05, 0) is 26.3 Å². The van der Waals surface area contributed by atoms with Crippen LogP contribution in [0.1, 0.15) is 29.5 Å². The highest BCUT2D eigenvalue weighted by atomic mass is 32.1. The van der Waals surface area contributed by atoms with Crippen LogP contribution in [-0.4, -0.2) is 18.1 Å². The lowest BCUT2D eigenvalue weighted by Gasteiger charge is -2.20. The van der Waals surface area contributed by atoms with E-state index in [-0.39, 0.29) is 0 Å². The van der Waals surface area contributed by atoms with Gasteiger partial charge in [-0.2, -0.15) is 0 Å². The molecule has 1 N–H and O–H groups in total. The van der Waals surface area contributed by atoms with Crippen molar-refractivity contribution in [1.82, 2.24) is 10.3 Å². The summed E-state index contributed by atoms with van der Waals surface area (Å²) in [5.41, 5.74) is 1.30. The summed E-state index contributed by atoms with van der Waals surface area (Å²) in [6.07, 6.45) is 2.59. The second kappa shape index (κ2) is 3.54. The van der Waals surface area contributed by atoms with Crippen LogP contribution >= 0.6 is 11.3 Å². The van der Waals surface area contributed by atoms with Gasteiger partial charge in [0.15, 0.2) is 0 Å². The van der Waals surface area contributed by atoms with Gasteiger partial charge < -0.3 is 5.32 Å². The average molecular weight is 182 g/mol. The molecule has 0 spiro atoms. The summed E-state index contributed by atoms with van der Waals surface area (Å²) in [7, 11) is 0. The first-order valence-corrected chi connectivity index (χ1v) is 5.37. The largest absolute Gasteiger partial charge is 0.316 e. The Bertz CT molecular complexity index is 251. The molecule has 0 aromatic carbocycles. The molecule has 66 valence electrons. The van der Waals surface area contributed by atoms with Gasteiger partial charge in [0, 0.05) is 17.8 Å². The molecule has 0 radical (unpaired) electrons. The van der Waals surface area contributed by atoms with Crippen molar-refractivity contribution in [1.29, 1.82) is 0 Å². The van der Waals surface area contributed by atoms with Gasteiger partial charge in [-0.25, -0.2) is 4.98 Å². The van der Waals surface area contributed by atoms with E-state index in [9.17, 15) is 0 Å². The summed E-state index contributed by atoms with van der Waals surface area (Å²) in [5, 5.41) is 6.80. The molecule has 2 rings (SSSR count). The molecule has 1 fully saturated rings. The summed E-state index contributed by atoms with van der Waals surface area (Å²) in [4.78, 5) is 4.51. The van der Waals surface area contributed by atoms with Gasteiger partial charge in [0.1, 0.15) is 0 Å². The van der Waals surface area contributed by atoms with Gasteiger partial charge in [0.05, 0.1) is 10.7 Å². The maximum atomic E-state index is 4.51. The zero-order valence-electron chi connectivity index (χ0n) is 7.34. The van der Waals surface area contributed by atoms with E-state index in [1.807, 2.05) is 0 Å². The fourth-order valence-corrected chi connectivity index (χ4v) is 2.37. The number of nitrogens with zero attached hydrogens (tertiary/aromatic N) is 1. The first-order valence-electron chi connectivity index (χ1n) is 4.49. The molecule has 1 unspecified atom stereocenters. The van der Waals surface area contributed by atoms with Gasteiger partial charge in [0.25, 0.3) is 0 Å². The molecule has 0 bridgehead atoms. The topological polar surface area (TPSA) is 24.9 Å². The quantitative estimate of drug-likeness (QED) is 0.717. The van der Waals surface area contributed by atoms with E-state index in [1.165, 1.54) is 30.1 Å². The highest BCUT2D eigenvalue weighted by Crippen LogP contribution is 2.23. The Labute approximate surface area is 77.0 Å². The highest BCUT2D eigenvalue weighted by molar-refractivity contribution is 7.09. The Kier molecular flexibility index (Phi) is 2.42. The van der Waals surface area contributed by atoms with Gasteiger partial charge in [-0.1, -0.05) is 0 Å². The van der Waals surface area contributed by atoms with E-state index in [0.717, 1.165) is 6.54 Å². The second-order valence-electron chi connectivity index (χ2n) is 3.33. The summed E-state index contributed by atoms with van der Waals surface area (Å²) in [6, 6.07) is 0. The fraction of sp³-hybridized carbons (Fsp3) is 0.667. The molecular formula is C9H14N2S. The van der Waals surface area contributed by atoms with Crippen LogP contribution < -0.4 is 5.32 Å². The van der Waals surface area contributed by atoms with E-state index < -0.39 is 0 Å². The minimum atomic E-state index is 0.670. The lowest BCUT2D eigenvalue weighted by atomic mass is 9.97. The van der Waals surface area contributed by atoms with Crippen molar-refractivity contribution in [3.8, 4) is 0 Å². The third-order valence-electron chi connectivity index (χ3n) is 2.35. The van der Waals surface area contributed by atoms with Crippen LogP contribution in [0.3, 0.4) is 0 Å². The molecule has 1 saturated heterocycles. The predicted octanol–water partition coefficient (Wildman–Crippen LogP) is 1.92. The van der Waals surface area contributed by atoms with E-state index in [4.69, 9.17) is 0 Å². The molecule has 3 heteroatoms. The van der Waals surface area contributed by atoms with Crippen molar-refractivity contribution in [2.24, 2.45) is 0 Å². The number of rotatable bonds is 1. The summed E-state index contributed by atoms with van der Waals surface area (Å²) >= 11 is 1.76. The second-order valence-corrected chi connectivity index (χ2v) is 4.40. The Hall–Kier alpha value is -0.410. The van der Waals surface area contributed by atoms with E-state index in [2.05, 4.69) is 22.6 Å². The van der Waals surface area contributed by atoms with Crippen LogP contribution in [-0.2, 0) is 0 Å². The summed E-state index contributed by atoms with van der Waals surface area (Å²) in [5.74, 6) is 0.670. The fourth-order valence-electron chi connectivity index (χ4n) is 1.67. The SMILES string of the molecule is Cc1nc(C2CCCNC2)cs1. The summed E-state index contributed by atoms with van der Waals surface area (Å²) < 4.78 is 0. The molecule has 1 aliphatic heterocycles. The predicted molar refractivity (Wildman–Crippen MR) is 51.7 cm³/mol. The number of aryl methyl sites for hydroxylation is 1. The molecule has 0 amide bonds. The molecule has 2 nitrogen and oxygen atoms in total. The molecule has 1 atom stereocenters. The lowest BCUT2D eigenvalue weighted by molar-refractivity contribution is 0.455.